The minimum Gasteiger partial charge on any atom is -0.383 e. The van der Waals surface area contributed by atoms with E-state index < -0.39 is 17.9 Å². The van der Waals surface area contributed by atoms with E-state index in [4.69, 9.17) is 16.2 Å². The van der Waals surface area contributed by atoms with E-state index in [0.29, 0.717) is 0 Å². The molecule has 0 aliphatic carbocycles. The summed E-state index contributed by atoms with van der Waals surface area (Å²) in [7, 11) is 0. The van der Waals surface area contributed by atoms with Crippen LogP contribution < -0.4 is 11.1 Å². The maximum Gasteiger partial charge on any atom is 0.255 e. The van der Waals surface area contributed by atoms with Gasteiger partial charge >= 0.3 is 0 Å². The van der Waals surface area contributed by atoms with E-state index in [9.17, 15) is 9.59 Å². The Labute approximate surface area is 86.9 Å². The highest BCUT2D eigenvalue weighted by Gasteiger charge is 2.27. The lowest BCUT2D eigenvalue weighted by molar-refractivity contribution is -0.127. The third kappa shape index (κ3) is 5.69. The molecule has 1 heterocycles. The first-order chi connectivity index (χ1) is 7.01. The molecule has 0 saturated carbocycles. The third-order valence-corrected chi connectivity index (χ3v) is 1.59. The number of aliphatic hydroxyl groups excluding tert-OH is 1. The van der Waals surface area contributed by atoms with Crippen LogP contribution in [0.4, 0.5) is 0 Å². The Kier molecular flexibility index (Phi) is 6.12. The average Bonchev–Trinajstić information content (AvgIpc) is 2.45. The van der Waals surface area contributed by atoms with E-state index in [2.05, 4.69) is 4.99 Å². The van der Waals surface area contributed by atoms with Gasteiger partial charge in [-0.3, -0.25) is 14.9 Å². The van der Waals surface area contributed by atoms with Crippen molar-refractivity contribution in [3.63, 3.8) is 0 Å². The number of aliphatic hydroxyl groups is 1. The zero-order valence-electron chi connectivity index (χ0n) is 8.36. The number of aliphatic imine (C=N–C) groups is 1. The predicted octanol–water partition coefficient (Wildman–Crippen LogP) is -1.17. The van der Waals surface area contributed by atoms with Gasteiger partial charge in [-0.15, -0.1) is 0 Å². The number of nitrogens with one attached hydrogen (secondary N) is 2. The van der Waals surface area contributed by atoms with Gasteiger partial charge in [-0.25, -0.2) is 10.4 Å². The monoisotopic (exact) mass is 214 g/mol. The van der Waals surface area contributed by atoms with E-state index in [1.807, 2.05) is 18.2 Å². The molecule has 2 unspecified atom stereocenters. The highest BCUT2D eigenvalue weighted by molar-refractivity contribution is 6.04. The molecule has 1 aliphatic heterocycles. The van der Waals surface area contributed by atoms with Gasteiger partial charge < -0.3 is 10.8 Å². The molecule has 84 valence electrons. The van der Waals surface area contributed by atoms with Gasteiger partial charge in [0.2, 0.25) is 5.91 Å². The van der Waals surface area contributed by atoms with Crippen LogP contribution in [-0.2, 0) is 9.59 Å². The number of hydrogen-bond acceptors (Lipinski definition) is 6. The smallest absolute Gasteiger partial charge is 0.255 e. The number of hydrogen-bond donors (Lipinski definition) is 4. The number of carbonyl (C=O) groups is 2. The van der Waals surface area contributed by atoms with Gasteiger partial charge in [0.1, 0.15) is 12.3 Å². The van der Waals surface area contributed by atoms with Gasteiger partial charge in [0.15, 0.2) is 0 Å². The van der Waals surface area contributed by atoms with Crippen LogP contribution in [0.25, 0.3) is 0 Å². The van der Waals surface area contributed by atoms with E-state index >= 15 is 0 Å². The molecule has 0 radical (unpaired) electrons. The third-order valence-electron chi connectivity index (χ3n) is 1.59. The Bertz CT molecular complexity index is 286. The maximum atomic E-state index is 10.2. The highest BCUT2D eigenvalue weighted by atomic mass is 16.3. The minimum absolute atomic E-state index is 0.0845. The summed E-state index contributed by atoms with van der Waals surface area (Å²) in [4.78, 5) is 23.8. The van der Waals surface area contributed by atoms with Crippen LogP contribution in [0.1, 0.15) is 19.8 Å². The molecule has 1 aliphatic rings. The number of rotatable bonds is 2. The van der Waals surface area contributed by atoms with Crippen LogP contribution >= 0.6 is 0 Å². The van der Waals surface area contributed by atoms with Gasteiger partial charge in [0, 0.05) is 0 Å². The summed E-state index contributed by atoms with van der Waals surface area (Å²) in [5, 5.41) is 16.8. The molecule has 7 heteroatoms. The molecule has 1 rings (SSSR count). The molecule has 0 spiro atoms. The van der Waals surface area contributed by atoms with Crippen LogP contribution in [0.5, 0.6) is 0 Å². The van der Waals surface area contributed by atoms with Gasteiger partial charge in [-0.2, -0.15) is 0 Å². The van der Waals surface area contributed by atoms with Gasteiger partial charge in [0.05, 0.1) is 12.4 Å². The highest BCUT2D eigenvalue weighted by Crippen LogP contribution is 1.98. The van der Waals surface area contributed by atoms with Crippen molar-refractivity contribution in [2.75, 3.05) is 0 Å². The Hall–Kier alpha value is -1.56. The average molecular weight is 214 g/mol. The summed E-state index contributed by atoms with van der Waals surface area (Å²) in [6.07, 6.45) is -0.648. The van der Waals surface area contributed by atoms with Crippen LogP contribution in [0.2, 0.25) is 0 Å². The Balaban J connectivity index is 0.000000265. The lowest BCUT2D eigenvalue weighted by atomic mass is 10.3. The molecule has 0 bridgehead atoms. The Morgan fingerprint density at radius 1 is 1.80 bits per heavy atom. The Morgan fingerprint density at radius 3 is 2.53 bits per heavy atom. The second-order valence-corrected chi connectivity index (χ2v) is 2.85. The molecule has 2 atom stereocenters. The van der Waals surface area contributed by atoms with Crippen LogP contribution in [0.3, 0.4) is 0 Å². The second-order valence-electron chi connectivity index (χ2n) is 2.85. The molecular weight excluding hydrogens is 200 g/mol. The molecule has 15 heavy (non-hydrogen) atoms. The fourth-order valence-electron chi connectivity index (χ4n) is 0.714. The molecule has 1 fully saturated rings. The summed E-state index contributed by atoms with van der Waals surface area (Å²) in [5.41, 5.74) is 5.23. The predicted molar refractivity (Wildman–Crippen MR) is 52.2 cm³/mol. The summed E-state index contributed by atoms with van der Waals surface area (Å²) in [6.45, 7) is 1.91. The van der Waals surface area contributed by atoms with Crippen molar-refractivity contribution < 1.29 is 14.7 Å². The lowest BCUT2D eigenvalue weighted by Gasteiger charge is -1.93. The molecular formula is C8H14N4O3. The topological polar surface area (TPSA) is 129 Å². The summed E-state index contributed by atoms with van der Waals surface area (Å²) in [6, 6.07) is 1.87. The largest absolute Gasteiger partial charge is 0.383 e. The fraction of sp³-hybridized carbons (Fsp3) is 0.625. The fourth-order valence-corrected chi connectivity index (χ4v) is 0.714. The van der Waals surface area contributed by atoms with E-state index in [1.165, 1.54) is 0 Å². The van der Waals surface area contributed by atoms with Crippen molar-refractivity contribution in [2.24, 2.45) is 10.7 Å². The van der Waals surface area contributed by atoms with Crippen LogP contribution in [-0.4, -0.2) is 35.2 Å². The first-order valence-electron chi connectivity index (χ1n) is 4.40. The normalized spacial score (nSPS) is 20.9. The maximum absolute atomic E-state index is 10.2. The van der Waals surface area contributed by atoms with Crippen molar-refractivity contribution in [2.45, 2.75) is 32.0 Å². The van der Waals surface area contributed by atoms with Crippen LogP contribution in [0.15, 0.2) is 4.99 Å². The first-order valence-corrected chi connectivity index (χ1v) is 4.40. The van der Waals surface area contributed by atoms with Gasteiger partial charge in [-0.05, 0) is 6.42 Å². The van der Waals surface area contributed by atoms with Crippen molar-refractivity contribution in [3.8, 4) is 0 Å². The molecule has 5 N–H and O–H groups in total. The molecule has 1 saturated heterocycles. The zero-order chi connectivity index (χ0) is 11.8. The summed E-state index contributed by atoms with van der Waals surface area (Å²) < 4.78 is 0. The van der Waals surface area contributed by atoms with Crippen molar-refractivity contribution >= 4 is 17.8 Å². The van der Waals surface area contributed by atoms with Crippen LogP contribution in [0, 0.1) is 5.41 Å². The first kappa shape index (κ1) is 13.4. The van der Waals surface area contributed by atoms with E-state index in [0.717, 1.165) is 6.42 Å². The van der Waals surface area contributed by atoms with Gasteiger partial charge in [0.25, 0.3) is 5.91 Å². The van der Waals surface area contributed by atoms with Crippen molar-refractivity contribution in [1.29, 1.82) is 5.41 Å². The summed E-state index contributed by atoms with van der Waals surface area (Å²) in [5.74, 6) is -0.988. The molecule has 2 amide bonds. The molecule has 0 aromatic rings. The van der Waals surface area contributed by atoms with Crippen molar-refractivity contribution in [3.05, 3.63) is 0 Å². The second kappa shape index (κ2) is 6.83. The van der Waals surface area contributed by atoms with E-state index in [-0.39, 0.29) is 12.6 Å². The molecule has 0 aromatic heterocycles. The minimum atomic E-state index is -1.11. The Morgan fingerprint density at radius 2 is 2.40 bits per heavy atom. The SMILES string of the molecule is CCC(N)N=C=N.O=C1CC(O)C(=O)N1. The zero-order valence-corrected chi connectivity index (χ0v) is 8.36. The molecule has 7 nitrogen and oxygen atoms in total. The number of amides is 2. The quantitative estimate of drug-likeness (QED) is 0.341. The van der Waals surface area contributed by atoms with E-state index in [1.54, 1.807) is 0 Å². The van der Waals surface area contributed by atoms with Gasteiger partial charge in [-0.1, -0.05) is 6.92 Å². The molecule has 0 aromatic carbocycles. The van der Waals surface area contributed by atoms with Crippen molar-refractivity contribution in [1.82, 2.24) is 5.32 Å². The standard InChI is InChI=1S/C4H9N3.C4H5NO3/c1-2-4(6)7-3-5;6-2-1-3(7)5-4(2)8/h4-5H,2,6H2,1H3;2,6H,1H2,(H,5,7,8). The number of carbonyl (C=O) groups excluding carboxylic acids is 2. The number of nitrogens with zero attached hydrogens (tertiary/aromatic N) is 1. The lowest BCUT2D eigenvalue weighted by Crippen LogP contribution is -2.24. The number of imide groups is 1. The number of nitrogens with two attached hydrogens (primary N) is 1. The summed E-state index contributed by atoms with van der Waals surface area (Å²) >= 11 is 0.